The number of hydrogen-bond acceptors (Lipinski definition) is 6. The van der Waals surface area contributed by atoms with Crippen molar-refractivity contribution in [3.05, 3.63) is 53.8 Å². The molecule has 0 fully saturated rings. The van der Waals surface area contributed by atoms with Crippen LogP contribution in [-0.2, 0) is 19.6 Å². The zero-order chi connectivity index (χ0) is 21.3. The number of carbonyl (C=O) groups excluding carboxylic acids is 1. The number of amides is 1. The van der Waals surface area contributed by atoms with Crippen LogP contribution in [0.4, 0.5) is 0 Å². The molecule has 3 N–H and O–H groups in total. The van der Waals surface area contributed by atoms with Gasteiger partial charge in [-0.15, -0.1) is 0 Å². The highest BCUT2D eigenvalue weighted by Gasteiger charge is 2.26. The van der Waals surface area contributed by atoms with E-state index in [0.717, 1.165) is 0 Å². The van der Waals surface area contributed by atoms with E-state index in [-0.39, 0.29) is 30.9 Å². The first-order valence-corrected chi connectivity index (χ1v) is 10.4. The van der Waals surface area contributed by atoms with Gasteiger partial charge in [-0.25, -0.2) is 8.42 Å². The van der Waals surface area contributed by atoms with Crippen LogP contribution in [-0.4, -0.2) is 49.6 Å². The molecule has 1 aromatic carbocycles. The molecule has 0 aliphatic carbocycles. The Balaban J connectivity index is 2.08. The average Bonchev–Trinajstić information content (AvgIpc) is 2.69. The van der Waals surface area contributed by atoms with Gasteiger partial charge in [-0.3, -0.25) is 14.6 Å². The number of aliphatic carboxylic acids is 1. The summed E-state index contributed by atoms with van der Waals surface area (Å²) in [5.41, 5.74) is 0. The second-order valence-corrected chi connectivity index (χ2v) is 8.07. The first kappa shape index (κ1) is 22.6. The number of ether oxygens (including phenoxy) is 1. The lowest BCUT2D eigenvalue weighted by Gasteiger charge is -2.19. The van der Waals surface area contributed by atoms with E-state index < -0.39 is 27.9 Å². The Labute approximate surface area is 173 Å². The van der Waals surface area contributed by atoms with Gasteiger partial charge in [0.15, 0.2) is 0 Å². The number of sulfonamides is 1. The molecule has 0 bridgehead atoms. The minimum absolute atomic E-state index is 0.0630. The van der Waals surface area contributed by atoms with E-state index in [4.69, 9.17) is 21.4 Å². The summed E-state index contributed by atoms with van der Waals surface area (Å²) in [5, 5.41) is 11.5. The smallest absolute Gasteiger partial charge is 0.303 e. The molecule has 1 aromatic heterocycles. The molecule has 9 nitrogen and oxygen atoms in total. The first-order chi connectivity index (χ1) is 13.8. The van der Waals surface area contributed by atoms with Gasteiger partial charge in [-0.2, -0.15) is 4.72 Å². The molecular formula is C18H20ClN3O6S. The monoisotopic (exact) mass is 441 g/mol. The summed E-state index contributed by atoms with van der Waals surface area (Å²) in [6.45, 7) is -0.208. The predicted molar refractivity (Wildman–Crippen MR) is 105 cm³/mol. The standard InChI is InChI=1S/C18H20ClN3O6S/c19-13-5-7-15(8-6-13)29(26,27)22-16(12-28-14-3-1-9-20-11-14)18(25)21-10-2-4-17(23)24/h1,3,5-9,11,16,22H,2,4,10,12H2,(H,21,25)(H,23,24)/t16-/m0/s1. The molecule has 156 valence electrons. The highest BCUT2D eigenvalue weighted by atomic mass is 35.5. The molecule has 0 spiro atoms. The fourth-order valence-electron chi connectivity index (χ4n) is 2.22. The molecular weight excluding hydrogens is 422 g/mol. The Morgan fingerprint density at radius 3 is 2.55 bits per heavy atom. The fraction of sp³-hybridized carbons (Fsp3) is 0.278. The molecule has 0 radical (unpaired) electrons. The highest BCUT2D eigenvalue weighted by molar-refractivity contribution is 7.89. The Bertz CT molecular complexity index is 922. The van der Waals surface area contributed by atoms with Crippen molar-refractivity contribution in [2.75, 3.05) is 13.2 Å². The average molecular weight is 442 g/mol. The van der Waals surface area contributed by atoms with Crippen molar-refractivity contribution in [3.63, 3.8) is 0 Å². The third-order valence-corrected chi connectivity index (χ3v) is 5.40. The number of rotatable bonds is 11. The third kappa shape index (κ3) is 7.68. The van der Waals surface area contributed by atoms with Crippen molar-refractivity contribution in [2.45, 2.75) is 23.8 Å². The third-order valence-electron chi connectivity index (χ3n) is 3.66. The first-order valence-electron chi connectivity index (χ1n) is 8.58. The second-order valence-electron chi connectivity index (χ2n) is 5.92. The molecule has 0 aliphatic heterocycles. The number of carbonyl (C=O) groups is 2. The summed E-state index contributed by atoms with van der Waals surface area (Å²) in [6, 6.07) is 7.47. The zero-order valence-corrected chi connectivity index (χ0v) is 16.8. The van der Waals surface area contributed by atoms with Gasteiger partial charge >= 0.3 is 5.97 Å². The minimum Gasteiger partial charge on any atom is -0.490 e. The number of hydrogen-bond donors (Lipinski definition) is 3. The van der Waals surface area contributed by atoms with Crippen molar-refractivity contribution in [1.29, 1.82) is 0 Å². The van der Waals surface area contributed by atoms with E-state index in [9.17, 15) is 18.0 Å². The molecule has 1 amide bonds. The van der Waals surface area contributed by atoms with Crippen LogP contribution in [0.2, 0.25) is 5.02 Å². The van der Waals surface area contributed by atoms with E-state index in [1.807, 2.05) is 0 Å². The summed E-state index contributed by atoms with van der Waals surface area (Å²) in [5.74, 6) is -1.27. The maximum absolute atomic E-state index is 12.6. The quantitative estimate of drug-likeness (QED) is 0.449. The number of halogens is 1. The van der Waals surface area contributed by atoms with Crippen molar-refractivity contribution in [3.8, 4) is 5.75 Å². The van der Waals surface area contributed by atoms with Crippen LogP contribution in [0.15, 0.2) is 53.7 Å². The SMILES string of the molecule is O=C(O)CCCNC(=O)[C@H](COc1cccnc1)NS(=O)(=O)c1ccc(Cl)cc1. The number of benzene rings is 1. The summed E-state index contributed by atoms with van der Waals surface area (Å²) >= 11 is 5.78. The highest BCUT2D eigenvalue weighted by Crippen LogP contribution is 2.15. The summed E-state index contributed by atoms with van der Waals surface area (Å²) in [7, 11) is -4.03. The van der Waals surface area contributed by atoms with E-state index in [2.05, 4.69) is 15.0 Å². The molecule has 1 atom stereocenters. The van der Waals surface area contributed by atoms with Crippen LogP contribution in [0.3, 0.4) is 0 Å². The Morgan fingerprint density at radius 1 is 1.21 bits per heavy atom. The Kier molecular flexibility index (Phi) is 8.37. The van der Waals surface area contributed by atoms with Gasteiger partial charge in [-0.1, -0.05) is 11.6 Å². The van der Waals surface area contributed by atoms with Crippen LogP contribution in [0.1, 0.15) is 12.8 Å². The van der Waals surface area contributed by atoms with Gasteiger partial charge in [0.25, 0.3) is 0 Å². The summed E-state index contributed by atoms with van der Waals surface area (Å²) < 4.78 is 33.0. The summed E-state index contributed by atoms with van der Waals surface area (Å²) in [4.78, 5) is 26.9. The molecule has 0 unspecified atom stereocenters. The molecule has 0 saturated carbocycles. The lowest BCUT2D eigenvalue weighted by atomic mass is 10.2. The van der Waals surface area contributed by atoms with Gasteiger partial charge in [0, 0.05) is 24.2 Å². The van der Waals surface area contributed by atoms with E-state index in [0.29, 0.717) is 10.8 Å². The molecule has 2 rings (SSSR count). The van der Waals surface area contributed by atoms with E-state index in [1.165, 1.54) is 30.5 Å². The van der Waals surface area contributed by atoms with Gasteiger partial charge in [0.05, 0.1) is 11.1 Å². The number of nitrogens with zero attached hydrogens (tertiary/aromatic N) is 1. The maximum atomic E-state index is 12.6. The van der Waals surface area contributed by atoms with Crippen molar-refractivity contribution < 1.29 is 27.9 Å². The van der Waals surface area contributed by atoms with Crippen molar-refractivity contribution in [1.82, 2.24) is 15.0 Å². The number of carboxylic acids is 1. The molecule has 2 aromatic rings. The topological polar surface area (TPSA) is 135 Å². The van der Waals surface area contributed by atoms with Gasteiger partial charge in [0.1, 0.15) is 18.4 Å². The van der Waals surface area contributed by atoms with Gasteiger partial charge in [-0.05, 0) is 42.8 Å². The molecule has 0 saturated heterocycles. The summed E-state index contributed by atoms with van der Waals surface area (Å²) in [6.07, 6.45) is 3.06. The van der Waals surface area contributed by atoms with Crippen LogP contribution in [0, 0.1) is 0 Å². The number of aromatic nitrogens is 1. The van der Waals surface area contributed by atoms with E-state index >= 15 is 0 Å². The molecule has 29 heavy (non-hydrogen) atoms. The minimum atomic E-state index is -4.03. The van der Waals surface area contributed by atoms with Gasteiger partial charge in [0.2, 0.25) is 15.9 Å². The van der Waals surface area contributed by atoms with Crippen LogP contribution in [0.5, 0.6) is 5.75 Å². The Morgan fingerprint density at radius 2 is 1.93 bits per heavy atom. The van der Waals surface area contributed by atoms with E-state index in [1.54, 1.807) is 18.3 Å². The van der Waals surface area contributed by atoms with Gasteiger partial charge < -0.3 is 15.2 Å². The lowest BCUT2D eigenvalue weighted by Crippen LogP contribution is -2.50. The fourth-order valence-corrected chi connectivity index (χ4v) is 3.52. The normalized spacial score (nSPS) is 12.2. The zero-order valence-electron chi connectivity index (χ0n) is 15.2. The van der Waals surface area contributed by atoms with Crippen LogP contribution >= 0.6 is 11.6 Å². The van der Waals surface area contributed by atoms with Crippen molar-refractivity contribution >= 4 is 33.5 Å². The number of nitrogens with one attached hydrogen (secondary N) is 2. The number of carboxylic acid groups (broad SMARTS) is 1. The largest absolute Gasteiger partial charge is 0.490 e. The number of pyridine rings is 1. The molecule has 1 heterocycles. The molecule has 11 heteroatoms. The molecule has 0 aliphatic rings. The maximum Gasteiger partial charge on any atom is 0.303 e. The van der Waals surface area contributed by atoms with Crippen LogP contribution < -0.4 is 14.8 Å². The lowest BCUT2D eigenvalue weighted by molar-refractivity contribution is -0.137. The second kappa shape index (κ2) is 10.7. The Hall–Kier alpha value is -2.69. The van der Waals surface area contributed by atoms with Crippen molar-refractivity contribution in [2.24, 2.45) is 0 Å². The van der Waals surface area contributed by atoms with Crippen LogP contribution in [0.25, 0.3) is 0 Å². The predicted octanol–water partition coefficient (Wildman–Crippen LogP) is 1.44.